The third-order valence-electron chi connectivity index (χ3n) is 4.59. The molecule has 1 heterocycles. The smallest absolute Gasteiger partial charge is 0.338 e. The number of nitrogens with zero attached hydrogens (tertiary/aromatic N) is 2. The fraction of sp³-hybridized carbons (Fsp3) is 0.238. The third-order valence-corrected chi connectivity index (χ3v) is 4.59. The van der Waals surface area contributed by atoms with Gasteiger partial charge in [-0.05, 0) is 50.2 Å². The van der Waals surface area contributed by atoms with Gasteiger partial charge >= 0.3 is 11.9 Å². The molecule has 0 saturated carbocycles. The second-order valence-electron chi connectivity index (χ2n) is 6.40. The molecule has 0 bridgehead atoms. The van der Waals surface area contributed by atoms with Crippen molar-refractivity contribution in [2.24, 2.45) is 5.10 Å². The summed E-state index contributed by atoms with van der Waals surface area (Å²) in [4.78, 5) is 39.5. The minimum Gasteiger partial charge on any atom is -0.497 e. The zero-order valence-electron chi connectivity index (χ0n) is 16.3. The molecule has 1 N–H and O–H groups in total. The highest BCUT2D eigenvalue weighted by Gasteiger charge is 2.60. The number of amides is 1. The van der Waals surface area contributed by atoms with E-state index in [4.69, 9.17) is 9.47 Å². The number of hydrogen-bond donors (Lipinski definition) is 1. The van der Waals surface area contributed by atoms with E-state index in [1.807, 2.05) is 0 Å². The zero-order chi connectivity index (χ0) is 21.0. The molecular weight excluding hydrogens is 374 g/mol. The number of Topliss-reactive ketones (excluding diaryl/α,β-unsaturated/α-hetero) is 1. The molecule has 150 valence electrons. The fourth-order valence-corrected chi connectivity index (χ4v) is 3.09. The Labute approximate surface area is 168 Å². The summed E-state index contributed by atoms with van der Waals surface area (Å²) in [6.45, 7) is 3.20. The van der Waals surface area contributed by atoms with Crippen molar-refractivity contribution in [3.63, 3.8) is 0 Å². The molecule has 0 spiro atoms. The van der Waals surface area contributed by atoms with Gasteiger partial charge in [0.1, 0.15) is 5.75 Å². The normalized spacial score (nSPS) is 20.1. The number of esters is 1. The van der Waals surface area contributed by atoms with E-state index >= 15 is 0 Å². The predicted molar refractivity (Wildman–Crippen MR) is 108 cm³/mol. The van der Waals surface area contributed by atoms with Crippen molar-refractivity contribution in [3.8, 4) is 5.75 Å². The molecule has 0 aromatic heterocycles. The van der Waals surface area contributed by atoms with Crippen LogP contribution in [-0.4, -0.2) is 42.6 Å². The first kappa shape index (κ1) is 20.1. The molecule has 2 aromatic rings. The van der Waals surface area contributed by atoms with Crippen LogP contribution in [0.3, 0.4) is 0 Å². The van der Waals surface area contributed by atoms with Crippen molar-refractivity contribution in [1.82, 2.24) is 0 Å². The highest BCUT2D eigenvalue weighted by Crippen LogP contribution is 2.33. The number of anilines is 2. The van der Waals surface area contributed by atoms with Crippen LogP contribution < -0.4 is 15.1 Å². The molecule has 1 unspecified atom stereocenters. The quantitative estimate of drug-likeness (QED) is 0.458. The zero-order valence-corrected chi connectivity index (χ0v) is 16.3. The molecule has 29 heavy (non-hydrogen) atoms. The van der Waals surface area contributed by atoms with E-state index in [-0.39, 0.29) is 12.3 Å². The molecule has 0 radical (unpaired) electrons. The standard InChI is InChI=1S/C21H21N3O5/c1-4-29-20(27)21(2)18(23-22-14-10-12-16(28-3)13-11-14)17(25)19(26)24(21)15-8-6-5-7-9-15/h5-13,22H,4H2,1-3H3. The molecule has 0 aliphatic carbocycles. The van der Waals surface area contributed by atoms with E-state index in [2.05, 4.69) is 10.5 Å². The van der Waals surface area contributed by atoms with Crippen LogP contribution in [0.2, 0.25) is 0 Å². The highest BCUT2D eigenvalue weighted by atomic mass is 16.5. The summed E-state index contributed by atoms with van der Waals surface area (Å²) < 4.78 is 10.3. The Bertz CT molecular complexity index is 956. The summed E-state index contributed by atoms with van der Waals surface area (Å²) in [5, 5.41) is 4.13. The van der Waals surface area contributed by atoms with E-state index in [1.165, 1.54) is 6.92 Å². The lowest BCUT2D eigenvalue weighted by molar-refractivity contribution is -0.147. The van der Waals surface area contributed by atoms with Crippen LogP contribution in [0.1, 0.15) is 13.8 Å². The summed E-state index contributed by atoms with van der Waals surface area (Å²) in [6, 6.07) is 15.3. The number of carbonyl (C=O) groups is 3. The molecule has 1 amide bonds. The summed E-state index contributed by atoms with van der Waals surface area (Å²) in [7, 11) is 1.55. The van der Waals surface area contributed by atoms with Crippen LogP contribution in [0.5, 0.6) is 5.75 Å². The monoisotopic (exact) mass is 395 g/mol. The van der Waals surface area contributed by atoms with E-state index in [0.717, 1.165) is 4.90 Å². The van der Waals surface area contributed by atoms with Crippen LogP contribution in [0.4, 0.5) is 11.4 Å². The molecule has 1 aliphatic rings. The summed E-state index contributed by atoms with van der Waals surface area (Å²) in [5.74, 6) is -1.80. The van der Waals surface area contributed by atoms with Gasteiger partial charge in [-0.3, -0.25) is 19.9 Å². The largest absolute Gasteiger partial charge is 0.497 e. The number of para-hydroxylation sites is 1. The number of hydrogen-bond acceptors (Lipinski definition) is 7. The summed E-state index contributed by atoms with van der Waals surface area (Å²) in [6.07, 6.45) is 0. The second-order valence-corrected chi connectivity index (χ2v) is 6.40. The Morgan fingerprint density at radius 3 is 2.34 bits per heavy atom. The van der Waals surface area contributed by atoms with Crippen LogP contribution in [0.25, 0.3) is 0 Å². The van der Waals surface area contributed by atoms with Crippen LogP contribution in [0.15, 0.2) is 59.7 Å². The predicted octanol–water partition coefficient (Wildman–Crippen LogP) is 2.40. The first-order chi connectivity index (χ1) is 13.9. The lowest BCUT2D eigenvalue weighted by Gasteiger charge is -2.31. The topological polar surface area (TPSA) is 97.3 Å². The van der Waals surface area contributed by atoms with Crippen molar-refractivity contribution in [2.75, 3.05) is 24.0 Å². The number of ketones is 1. The van der Waals surface area contributed by atoms with E-state index in [1.54, 1.807) is 68.6 Å². The molecule has 8 nitrogen and oxygen atoms in total. The van der Waals surface area contributed by atoms with Gasteiger partial charge in [-0.2, -0.15) is 5.10 Å². The SMILES string of the molecule is CCOC(=O)C1(C)C(=NNc2ccc(OC)cc2)C(=O)C(=O)N1c1ccccc1. The van der Waals surface area contributed by atoms with Crippen molar-refractivity contribution in [2.45, 2.75) is 19.4 Å². The molecule has 1 atom stereocenters. The molecular formula is C21H21N3O5. The molecule has 3 rings (SSSR count). The van der Waals surface area contributed by atoms with Crippen LogP contribution in [-0.2, 0) is 19.1 Å². The van der Waals surface area contributed by atoms with Gasteiger partial charge in [-0.25, -0.2) is 4.79 Å². The van der Waals surface area contributed by atoms with Crippen molar-refractivity contribution in [3.05, 3.63) is 54.6 Å². The number of rotatable bonds is 6. The average molecular weight is 395 g/mol. The number of hydrazone groups is 1. The summed E-state index contributed by atoms with van der Waals surface area (Å²) >= 11 is 0. The Hall–Kier alpha value is -3.68. The number of benzene rings is 2. The van der Waals surface area contributed by atoms with Gasteiger partial charge in [-0.1, -0.05) is 18.2 Å². The van der Waals surface area contributed by atoms with Gasteiger partial charge in [0, 0.05) is 5.69 Å². The Morgan fingerprint density at radius 2 is 1.76 bits per heavy atom. The molecule has 1 aliphatic heterocycles. The van der Waals surface area contributed by atoms with Gasteiger partial charge < -0.3 is 9.47 Å². The highest BCUT2D eigenvalue weighted by molar-refractivity contribution is 6.75. The maximum absolute atomic E-state index is 12.9. The fourth-order valence-electron chi connectivity index (χ4n) is 3.09. The van der Waals surface area contributed by atoms with Gasteiger partial charge in [-0.15, -0.1) is 0 Å². The van der Waals surface area contributed by atoms with E-state index < -0.39 is 23.2 Å². The molecule has 1 saturated heterocycles. The third kappa shape index (κ3) is 3.56. The minimum atomic E-state index is -1.70. The maximum Gasteiger partial charge on any atom is 0.338 e. The van der Waals surface area contributed by atoms with Crippen molar-refractivity contribution >= 4 is 34.7 Å². The van der Waals surface area contributed by atoms with Crippen LogP contribution >= 0.6 is 0 Å². The molecule has 8 heteroatoms. The average Bonchev–Trinajstić information content (AvgIpc) is 2.94. The molecule has 2 aromatic carbocycles. The Morgan fingerprint density at radius 1 is 1.10 bits per heavy atom. The van der Waals surface area contributed by atoms with Gasteiger partial charge in [0.25, 0.3) is 5.78 Å². The van der Waals surface area contributed by atoms with E-state index in [9.17, 15) is 14.4 Å². The van der Waals surface area contributed by atoms with Crippen molar-refractivity contribution in [1.29, 1.82) is 0 Å². The summed E-state index contributed by atoms with van der Waals surface area (Å²) in [5.41, 5.74) is 1.76. The van der Waals surface area contributed by atoms with Gasteiger partial charge in [0.05, 0.1) is 19.4 Å². The molecule has 1 fully saturated rings. The van der Waals surface area contributed by atoms with Crippen LogP contribution in [0, 0.1) is 0 Å². The Kier molecular flexibility index (Phi) is 5.63. The number of nitrogens with one attached hydrogen (secondary N) is 1. The lowest BCUT2D eigenvalue weighted by atomic mass is 9.95. The van der Waals surface area contributed by atoms with E-state index in [0.29, 0.717) is 17.1 Å². The van der Waals surface area contributed by atoms with Gasteiger partial charge in [0.15, 0.2) is 11.3 Å². The first-order valence-corrected chi connectivity index (χ1v) is 9.02. The number of ether oxygens (including phenoxy) is 2. The van der Waals surface area contributed by atoms with Crippen molar-refractivity contribution < 1.29 is 23.9 Å². The second kappa shape index (κ2) is 8.14. The number of methoxy groups -OCH3 is 1. The number of carbonyl (C=O) groups excluding carboxylic acids is 3. The maximum atomic E-state index is 12.9. The minimum absolute atomic E-state index is 0.0959. The first-order valence-electron chi connectivity index (χ1n) is 9.02. The lowest BCUT2D eigenvalue weighted by Crippen LogP contribution is -2.55. The van der Waals surface area contributed by atoms with Gasteiger partial charge in [0.2, 0.25) is 0 Å². The Balaban J connectivity index is 2.04.